The molecule has 1 amide bonds. The lowest BCUT2D eigenvalue weighted by atomic mass is 9.95. The minimum atomic E-state index is -3.51. The number of carboxylic acid groups (broad SMARTS) is 1. The summed E-state index contributed by atoms with van der Waals surface area (Å²) in [6.45, 7) is 7.03. The second-order valence-corrected chi connectivity index (χ2v) is 10.2. The molecule has 2 aliphatic rings. The number of nitrogens with zero attached hydrogens (tertiary/aromatic N) is 2. The van der Waals surface area contributed by atoms with Crippen LogP contribution >= 0.6 is 0 Å². The minimum absolute atomic E-state index is 0.0888. The van der Waals surface area contributed by atoms with E-state index in [9.17, 15) is 18.3 Å². The van der Waals surface area contributed by atoms with Gasteiger partial charge in [-0.1, -0.05) is 24.3 Å². The minimum Gasteiger partial charge on any atom is -0.465 e. The zero-order valence-corrected chi connectivity index (χ0v) is 16.9. The molecule has 1 N–H and O–H groups in total. The van der Waals surface area contributed by atoms with Crippen molar-refractivity contribution in [2.24, 2.45) is 0 Å². The van der Waals surface area contributed by atoms with E-state index in [1.807, 2.05) is 45.0 Å². The van der Waals surface area contributed by atoms with Crippen molar-refractivity contribution in [1.82, 2.24) is 9.21 Å². The average Bonchev–Trinajstić information content (AvgIpc) is 2.92. The van der Waals surface area contributed by atoms with E-state index in [0.29, 0.717) is 32.7 Å². The Morgan fingerprint density at radius 3 is 2.48 bits per heavy atom. The van der Waals surface area contributed by atoms with Gasteiger partial charge in [0, 0.05) is 30.6 Å². The number of rotatable bonds is 4. The van der Waals surface area contributed by atoms with Crippen LogP contribution < -0.4 is 0 Å². The Bertz CT molecular complexity index is 797. The van der Waals surface area contributed by atoms with Crippen LogP contribution in [-0.2, 0) is 21.2 Å². The molecule has 0 radical (unpaired) electrons. The van der Waals surface area contributed by atoms with E-state index in [2.05, 4.69) is 0 Å². The van der Waals surface area contributed by atoms with Gasteiger partial charge in [0.15, 0.2) is 0 Å². The van der Waals surface area contributed by atoms with Gasteiger partial charge in [-0.3, -0.25) is 4.90 Å². The molecule has 2 atom stereocenters. The van der Waals surface area contributed by atoms with Crippen LogP contribution in [-0.4, -0.2) is 72.5 Å². The number of morpholine rings is 1. The first kappa shape index (κ1) is 20.1. The fraction of sp³-hybridized carbons (Fsp3) is 0.632. The molecule has 27 heavy (non-hydrogen) atoms. The molecule has 1 aromatic rings. The molecule has 8 heteroatoms. The quantitative estimate of drug-likeness (QED) is 0.842. The summed E-state index contributed by atoms with van der Waals surface area (Å²) in [5.74, 6) is -0.474. The monoisotopic (exact) mass is 396 g/mol. The van der Waals surface area contributed by atoms with Gasteiger partial charge in [0.2, 0.25) is 10.0 Å². The Labute approximate surface area is 161 Å². The highest BCUT2D eigenvalue weighted by atomic mass is 32.2. The number of fused-ring (bicyclic) bond motifs is 1. The molecule has 0 spiro atoms. The summed E-state index contributed by atoms with van der Waals surface area (Å²) in [5.41, 5.74) is 1.34. The van der Waals surface area contributed by atoms with Crippen LogP contribution in [0.15, 0.2) is 24.3 Å². The lowest BCUT2D eigenvalue weighted by Gasteiger charge is -2.41. The summed E-state index contributed by atoms with van der Waals surface area (Å²) in [4.78, 5) is 13.5. The molecule has 0 unspecified atom stereocenters. The van der Waals surface area contributed by atoms with E-state index < -0.39 is 27.7 Å². The fourth-order valence-electron chi connectivity index (χ4n) is 4.21. The van der Waals surface area contributed by atoms with E-state index in [4.69, 9.17) is 4.74 Å². The number of hydrogen-bond acceptors (Lipinski definition) is 4. The standard InChI is InChI=1S/C19H28N2O5S/c1-19(2,3)21(18(22)23)17-12-14-6-4-5-7-15(14)16(17)13-27(24,25)20-8-10-26-11-9-20/h4-7,16-17H,8-13H2,1-3H3,(H,22,23)/t16-,17-/m1/s1. The molecule has 1 aliphatic heterocycles. The van der Waals surface area contributed by atoms with Crippen LogP contribution in [0.1, 0.15) is 37.8 Å². The van der Waals surface area contributed by atoms with Gasteiger partial charge in [-0.15, -0.1) is 0 Å². The van der Waals surface area contributed by atoms with E-state index in [1.54, 1.807) is 0 Å². The highest BCUT2D eigenvalue weighted by Crippen LogP contribution is 2.40. The highest BCUT2D eigenvalue weighted by molar-refractivity contribution is 7.89. The molecule has 1 aliphatic carbocycles. The number of ether oxygens (including phenoxy) is 1. The third-order valence-corrected chi connectivity index (χ3v) is 7.29. The van der Waals surface area contributed by atoms with E-state index in [0.717, 1.165) is 11.1 Å². The molecule has 0 bridgehead atoms. The van der Waals surface area contributed by atoms with E-state index in [1.165, 1.54) is 9.21 Å². The number of carbonyl (C=O) groups is 1. The van der Waals surface area contributed by atoms with Crippen LogP contribution in [0.5, 0.6) is 0 Å². The molecule has 1 heterocycles. The van der Waals surface area contributed by atoms with Crippen LogP contribution in [0, 0.1) is 0 Å². The number of benzene rings is 1. The van der Waals surface area contributed by atoms with Crippen molar-refractivity contribution in [3.63, 3.8) is 0 Å². The predicted octanol–water partition coefficient (Wildman–Crippen LogP) is 2.14. The molecule has 1 aromatic carbocycles. The molecular weight excluding hydrogens is 368 g/mol. The maximum Gasteiger partial charge on any atom is 0.408 e. The maximum atomic E-state index is 13.0. The van der Waals surface area contributed by atoms with Gasteiger partial charge < -0.3 is 9.84 Å². The zero-order valence-electron chi connectivity index (χ0n) is 16.1. The molecule has 1 fully saturated rings. The first-order chi connectivity index (χ1) is 12.6. The molecule has 150 valence electrons. The molecule has 7 nitrogen and oxygen atoms in total. The third kappa shape index (κ3) is 4.12. The summed E-state index contributed by atoms with van der Waals surface area (Å²) < 4.78 is 32.8. The van der Waals surface area contributed by atoms with Gasteiger partial charge in [0.05, 0.1) is 19.0 Å². The molecule has 3 rings (SSSR count). The summed E-state index contributed by atoms with van der Waals surface area (Å²) in [6.07, 6.45) is -0.489. The van der Waals surface area contributed by atoms with Crippen LogP contribution in [0.3, 0.4) is 0 Å². The van der Waals surface area contributed by atoms with Gasteiger partial charge >= 0.3 is 6.09 Å². The number of amides is 1. The molecule has 0 aromatic heterocycles. The Morgan fingerprint density at radius 2 is 1.89 bits per heavy atom. The van der Waals surface area contributed by atoms with Crippen molar-refractivity contribution in [2.75, 3.05) is 32.1 Å². The summed E-state index contributed by atoms with van der Waals surface area (Å²) >= 11 is 0. The van der Waals surface area contributed by atoms with Crippen molar-refractivity contribution < 1.29 is 23.1 Å². The molecule has 1 saturated heterocycles. The second-order valence-electron chi connectivity index (χ2n) is 8.19. The number of sulfonamides is 1. The van der Waals surface area contributed by atoms with Crippen LogP contribution in [0.25, 0.3) is 0 Å². The average molecular weight is 397 g/mol. The maximum absolute atomic E-state index is 13.0. The first-order valence-electron chi connectivity index (χ1n) is 9.27. The van der Waals surface area contributed by atoms with Crippen LogP contribution in [0.2, 0.25) is 0 Å². The van der Waals surface area contributed by atoms with E-state index >= 15 is 0 Å². The fourth-order valence-corrected chi connectivity index (χ4v) is 5.98. The van der Waals surface area contributed by atoms with Crippen molar-refractivity contribution >= 4 is 16.1 Å². The third-order valence-electron chi connectivity index (χ3n) is 5.36. The lowest BCUT2D eigenvalue weighted by molar-refractivity contribution is 0.0650. The first-order valence-corrected chi connectivity index (χ1v) is 10.9. The lowest BCUT2D eigenvalue weighted by Crippen LogP contribution is -2.54. The van der Waals surface area contributed by atoms with Gasteiger partial charge in [-0.05, 0) is 38.3 Å². The van der Waals surface area contributed by atoms with Gasteiger partial charge in [0.25, 0.3) is 0 Å². The number of hydrogen-bond donors (Lipinski definition) is 1. The van der Waals surface area contributed by atoms with Gasteiger partial charge in [-0.2, -0.15) is 4.31 Å². The molecule has 0 saturated carbocycles. The summed E-state index contributed by atoms with van der Waals surface area (Å²) in [6, 6.07) is 7.29. The van der Waals surface area contributed by atoms with Crippen molar-refractivity contribution in [2.45, 2.75) is 44.7 Å². The second kappa shape index (κ2) is 7.41. The summed E-state index contributed by atoms with van der Waals surface area (Å²) in [7, 11) is -3.51. The summed E-state index contributed by atoms with van der Waals surface area (Å²) in [5, 5.41) is 9.86. The Hall–Kier alpha value is -1.64. The predicted molar refractivity (Wildman–Crippen MR) is 102 cm³/mol. The smallest absolute Gasteiger partial charge is 0.408 e. The SMILES string of the molecule is CC(C)(C)N(C(=O)O)[C@@H]1Cc2ccccc2[C@H]1CS(=O)(=O)N1CCOCC1. The highest BCUT2D eigenvalue weighted by Gasteiger charge is 2.45. The van der Waals surface area contributed by atoms with Crippen molar-refractivity contribution in [3.8, 4) is 0 Å². The van der Waals surface area contributed by atoms with Crippen molar-refractivity contribution in [1.29, 1.82) is 0 Å². The Morgan fingerprint density at radius 1 is 1.26 bits per heavy atom. The van der Waals surface area contributed by atoms with Crippen molar-refractivity contribution in [3.05, 3.63) is 35.4 Å². The Kier molecular flexibility index (Phi) is 5.52. The molecular formula is C19H28N2O5S. The van der Waals surface area contributed by atoms with Gasteiger partial charge in [-0.25, -0.2) is 13.2 Å². The zero-order chi connectivity index (χ0) is 19.8. The normalized spacial score (nSPS) is 23.8. The van der Waals surface area contributed by atoms with Crippen LogP contribution in [0.4, 0.5) is 4.79 Å². The Balaban J connectivity index is 1.96. The van der Waals surface area contributed by atoms with Gasteiger partial charge in [0.1, 0.15) is 0 Å². The largest absolute Gasteiger partial charge is 0.465 e. The van der Waals surface area contributed by atoms with E-state index in [-0.39, 0.29) is 11.7 Å². The topological polar surface area (TPSA) is 87.2 Å².